The lowest BCUT2D eigenvalue weighted by Gasteiger charge is -2.31. The molecule has 3 unspecified atom stereocenters. The van der Waals surface area contributed by atoms with E-state index < -0.39 is 0 Å². The number of carbonyl (C=O) groups excluding carboxylic acids is 1. The minimum Gasteiger partial charge on any atom is -0.335 e. The highest BCUT2D eigenvalue weighted by atomic mass is 19.1. The Morgan fingerprint density at radius 1 is 1.00 bits per heavy atom. The number of likely N-dealkylation sites (tertiary alicyclic amines) is 1. The van der Waals surface area contributed by atoms with E-state index in [4.69, 9.17) is 0 Å². The van der Waals surface area contributed by atoms with E-state index in [9.17, 15) is 9.18 Å². The van der Waals surface area contributed by atoms with Crippen LogP contribution in [0.4, 0.5) is 4.39 Å². The summed E-state index contributed by atoms with van der Waals surface area (Å²) in [7, 11) is 0. The summed E-state index contributed by atoms with van der Waals surface area (Å²) >= 11 is 0. The third-order valence-corrected chi connectivity index (χ3v) is 5.53. The Morgan fingerprint density at radius 2 is 1.76 bits per heavy atom. The van der Waals surface area contributed by atoms with Crippen molar-refractivity contribution in [1.82, 2.24) is 9.88 Å². The highest BCUT2D eigenvalue weighted by molar-refractivity contribution is 5.83. The van der Waals surface area contributed by atoms with Gasteiger partial charge in [0.2, 0.25) is 5.91 Å². The van der Waals surface area contributed by atoms with E-state index in [0.717, 1.165) is 37.8 Å². The molecule has 0 N–H and O–H groups in total. The summed E-state index contributed by atoms with van der Waals surface area (Å²) in [6.45, 7) is 0.832. The second-order valence-corrected chi connectivity index (χ2v) is 7.18. The summed E-state index contributed by atoms with van der Waals surface area (Å²) in [6.07, 6.45) is 8.91. The van der Waals surface area contributed by atoms with Gasteiger partial charge in [0.15, 0.2) is 0 Å². The first-order valence-electron chi connectivity index (χ1n) is 9.20. The number of rotatable bonds is 3. The predicted molar refractivity (Wildman–Crippen MR) is 94.4 cm³/mol. The zero-order valence-electron chi connectivity index (χ0n) is 14.3. The average Bonchev–Trinajstić information content (AvgIpc) is 3.46. The maximum Gasteiger partial charge on any atom is 0.226 e. The van der Waals surface area contributed by atoms with Gasteiger partial charge in [-0.25, -0.2) is 4.39 Å². The van der Waals surface area contributed by atoms with Crippen molar-refractivity contribution in [2.45, 2.75) is 44.1 Å². The first-order chi connectivity index (χ1) is 12.2. The molecule has 0 bridgehead atoms. The van der Waals surface area contributed by atoms with Crippen LogP contribution in [0.3, 0.4) is 0 Å². The van der Waals surface area contributed by atoms with Gasteiger partial charge in [0.05, 0.1) is 6.04 Å². The molecule has 3 nitrogen and oxygen atoms in total. The molecule has 1 saturated carbocycles. The summed E-state index contributed by atoms with van der Waals surface area (Å²) in [6, 6.07) is 10.8. The van der Waals surface area contributed by atoms with E-state index in [1.165, 1.54) is 24.1 Å². The molecule has 2 aromatic rings. The van der Waals surface area contributed by atoms with Gasteiger partial charge in [-0.2, -0.15) is 0 Å². The summed E-state index contributed by atoms with van der Waals surface area (Å²) in [5, 5.41) is 0. The lowest BCUT2D eigenvalue weighted by atomic mass is 10.0. The van der Waals surface area contributed by atoms with Crippen LogP contribution in [0.25, 0.3) is 0 Å². The molecule has 1 saturated heterocycles. The molecule has 1 aromatic heterocycles. The minimum atomic E-state index is -0.224. The third kappa shape index (κ3) is 3.44. The van der Waals surface area contributed by atoms with Gasteiger partial charge >= 0.3 is 0 Å². The predicted octanol–water partition coefficient (Wildman–Crippen LogP) is 4.47. The second-order valence-electron chi connectivity index (χ2n) is 7.18. The van der Waals surface area contributed by atoms with Gasteiger partial charge in [0.25, 0.3) is 0 Å². The van der Waals surface area contributed by atoms with Crippen LogP contribution in [-0.4, -0.2) is 22.3 Å². The summed E-state index contributed by atoms with van der Waals surface area (Å²) in [5.74, 6) is 0.331. The Bertz CT molecular complexity index is 731. The molecule has 0 spiro atoms. The Hall–Kier alpha value is -2.23. The molecule has 1 aliphatic carbocycles. The highest BCUT2D eigenvalue weighted by Crippen LogP contribution is 2.49. The van der Waals surface area contributed by atoms with E-state index in [0.29, 0.717) is 0 Å². The molecule has 2 fully saturated rings. The fourth-order valence-electron chi connectivity index (χ4n) is 4.06. The quantitative estimate of drug-likeness (QED) is 0.827. The zero-order chi connectivity index (χ0) is 17.2. The molecule has 25 heavy (non-hydrogen) atoms. The number of benzene rings is 1. The zero-order valence-corrected chi connectivity index (χ0v) is 14.3. The Morgan fingerprint density at radius 3 is 2.52 bits per heavy atom. The lowest BCUT2D eigenvalue weighted by molar-refractivity contribution is -0.135. The van der Waals surface area contributed by atoms with Crippen molar-refractivity contribution in [3.8, 4) is 0 Å². The monoisotopic (exact) mass is 338 g/mol. The number of pyridine rings is 1. The van der Waals surface area contributed by atoms with E-state index in [1.54, 1.807) is 12.4 Å². The summed E-state index contributed by atoms with van der Waals surface area (Å²) < 4.78 is 13.1. The van der Waals surface area contributed by atoms with Crippen molar-refractivity contribution < 1.29 is 9.18 Å². The Labute approximate surface area is 147 Å². The Kier molecular flexibility index (Phi) is 4.51. The van der Waals surface area contributed by atoms with Crippen molar-refractivity contribution in [2.75, 3.05) is 6.54 Å². The van der Waals surface area contributed by atoms with Gasteiger partial charge in [0, 0.05) is 24.9 Å². The van der Waals surface area contributed by atoms with Gasteiger partial charge in [-0.1, -0.05) is 25.0 Å². The number of hydrogen-bond acceptors (Lipinski definition) is 2. The standard InChI is InChI=1S/C21H23FN2O/c22-17-7-5-15(6-8-17)18-14-19(18)21(25)24-13-3-1-2-4-20(24)16-9-11-23-12-10-16/h5-12,18-20H,1-4,13-14H2. The molecule has 130 valence electrons. The molecule has 2 aliphatic rings. The van der Waals surface area contributed by atoms with Gasteiger partial charge in [-0.05, 0) is 60.6 Å². The third-order valence-electron chi connectivity index (χ3n) is 5.53. The molecule has 4 heteroatoms. The van der Waals surface area contributed by atoms with Gasteiger partial charge < -0.3 is 4.90 Å². The van der Waals surface area contributed by atoms with Crippen LogP contribution in [0.2, 0.25) is 0 Å². The van der Waals surface area contributed by atoms with Crippen LogP contribution in [0, 0.1) is 11.7 Å². The molecule has 3 atom stereocenters. The van der Waals surface area contributed by atoms with Crippen LogP contribution in [-0.2, 0) is 4.79 Å². The largest absolute Gasteiger partial charge is 0.335 e. The normalized spacial score (nSPS) is 26.1. The number of aromatic nitrogens is 1. The van der Waals surface area contributed by atoms with Gasteiger partial charge in [0.1, 0.15) is 5.82 Å². The molecular weight excluding hydrogens is 315 g/mol. The van der Waals surface area contributed by atoms with Crippen molar-refractivity contribution in [2.24, 2.45) is 5.92 Å². The van der Waals surface area contributed by atoms with Crippen LogP contribution in [0.15, 0.2) is 48.8 Å². The van der Waals surface area contributed by atoms with E-state index in [2.05, 4.69) is 9.88 Å². The number of hydrogen-bond donors (Lipinski definition) is 0. The van der Waals surface area contributed by atoms with E-state index in [1.807, 2.05) is 24.3 Å². The topological polar surface area (TPSA) is 33.2 Å². The van der Waals surface area contributed by atoms with E-state index >= 15 is 0 Å². The molecule has 1 amide bonds. The van der Waals surface area contributed by atoms with Crippen molar-refractivity contribution in [3.05, 3.63) is 65.7 Å². The van der Waals surface area contributed by atoms with Crippen LogP contribution in [0.5, 0.6) is 0 Å². The second kappa shape index (κ2) is 6.95. The molecule has 4 rings (SSSR count). The molecule has 0 radical (unpaired) electrons. The number of carbonyl (C=O) groups is 1. The van der Waals surface area contributed by atoms with Crippen LogP contribution >= 0.6 is 0 Å². The van der Waals surface area contributed by atoms with Gasteiger partial charge in [-0.15, -0.1) is 0 Å². The molecular formula is C21H23FN2O. The summed E-state index contributed by atoms with van der Waals surface area (Å²) in [4.78, 5) is 19.4. The highest BCUT2D eigenvalue weighted by Gasteiger charge is 2.47. The molecule has 2 heterocycles. The maximum atomic E-state index is 13.2. The van der Waals surface area contributed by atoms with Crippen LogP contribution < -0.4 is 0 Å². The van der Waals surface area contributed by atoms with E-state index in [-0.39, 0.29) is 29.6 Å². The van der Waals surface area contributed by atoms with Crippen LogP contribution in [0.1, 0.15) is 55.2 Å². The summed E-state index contributed by atoms with van der Waals surface area (Å²) in [5.41, 5.74) is 2.26. The maximum absolute atomic E-state index is 13.2. The van der Waals surface area contributed by atoms with Crippen molar-refractivity contribution in [1.29, 1.82) is 0 Å². The number of amides is 1. The lowest BCUT2D eigenvalue weighted by Crippen LogP contribution is -2.36. The smallest absolute Gasteiger partial charge is 0.226 e. The molecule has 1 aliphatic heterocycles. The SMILES string of the molecule is O=C(C1CC1c1ccc(F)cc1)N1CCCCCC1c1ccncc1. The molecule has 1 aromatic carbocycles. The first-order valence-corrected chi connectivity index (χ1v) is 9.20. The first kappa shape index (κ1) is 16.2. The Balaban J connectivity index is 1.52. The number of nitrogens with zero attached hydrogens (tertiary/aromatic N) is 2. The van der Waals surface area contributed by atoms with Crippen molar-refractivity contribution in [3.63, 3.8) is 0 Å². The minimum absolute atomic E-state index is 0.0490. The fraction of sp³-hybridized carbons (Fsp3) is 0.429. The van der Waals surface area contributed by atoms with Gasteiger partial charge in [-0.3, -0.25) is 9.78 Å². The van der Waals surface area contributed by atoms with Crippen molar-refractivity contribution >= 4 is 5.91 Å². The average molecular weight is 338 g/mol. The number of halogens is 1. The fourth-order valence-corrected chi connectivity index (χ4v) is 4.06.